The van der Waals surface area contributed by atoms with E-state index < -0.39 is 0 Å². The van der Waals surface area contributed by atoms with Gasteiger partial charge in [0.2, 0.25) is 0 Å². The van der Waals surface area contributed by atoms with Crippen LogP contribution in [-0.2, 0) is 0 Å². The zero-order valence-corrected chi connectivity index (χ0v) is 13.5. The first-order valence-corrected chi connectivity index (χ1v) is 7.91. The highest BCUT2D eigenvalue weighted by Crippen LogP contribution is 2.41. The second kappa shape index (κ2) is 6.08. The lowest BCUT2D eigenvalue weighted by atomic mass is 9.93. The van der Waals surface area contributed by atoms with Crippen LogP contribution in [0.2, 0.25) is 0 Å². The van der Waals surface area contributed by atoms with Gasteiger partial charge in [0.25, 0.3) is 0 Å². The summed E-state index contributed by atoms with van der Waals surface area (Å²) in [6.07, 6.45) is 0.764. The lowest BCUT2D eigenvalue weighted by Gasteiger charge is -2.30. The monoisotopic (exact) mass is 347 g/mol. The van der Waals surface area contributed by atoms with E-state index in [2.05, 4.69) is 15.9 Å². The molecule has 0 aromatic heterocycles. The Hall–Kier alpha value is -1.52. The molecule has 2 aromatic rings. The van der Waals surface area contributed by atoms with Crippen LogP contribution in [0.15, 0.2) is 46.9 Å². The smallest absolute Gasteiger partial charge is 0.126 e. The van der Waals surface area contributed by atoms with Gasteiger partial charge in [0, 0.05) is 22.5 Å². The predicted octanol–water partition coefficient (Wildman–Crippen LogP) is 4.37. The topological polar surface area (TPSA) is 44.5 Å². The Balaban J connectivity index is 1.84. The number of benzene rings is 2. The van der Waals surface area contributed by atoms with E-state index in [4.69, 9.17) is 15.2 Å². The van der Waals surface area contributed by atoms with Gasteiger partial charge in [0.1, 0.15) is 17.6 Å². The first-order chi connectivity index (χ1) is 10.2. The average Bonchev–Trinajstić information content (AvgIpc) is 2.48. The fraction of sp³-hybridized carbons (Fsp3) is 0.294. The minimum absolute atomic E-state index is 0.00146. The number of rotatable bonds is 3. The van der Waals surface area contributed by atoms with Gasteiger partial charge in [-0.1, -0.05) is 34.1 Å². The molecule has 0 saturated carbocycles. The minimum Gasteiger partial charge on any atom is -0.494 e. The van der Waals surface area contributed by atoms with Crippen LogP contribution in [0.1, 0.15) is 36.6 Å². The highest BCUT2D eigenvalue weighted by atomic mass is 79.9. The Morgan fingerprint density at radius 3 is 2.71 bits per heavy atom. The Bertz CT molecular complexity index is 627. The maximum atomic E-state index is 6.28. The molecule has 2 aromatic carbocycles. The molecule has 1 heterocycles. The van der Waals surface area contributed by atoms with Gasteiger partial charge in [-0.25, -0.2) is 0 Å². The molecule has 3 nitrogen and oxygen atoms in total. The maximum absolute atomic E-state index is 6.28. The second-order valence-electron chi connectivity index (χ2n) is 5.13. The summed E-state index contributed by atoms with van der Waals surface area (Å²) < 4.78 is 12.6. The van der Waals surface area contributed by atoms with Crippen molar-refractivity contribution in [1.29, 1.82) is 0 Å². The standard InChI is InChI=1S/C17H18BrNO2/c1-2-20-13-6-3-11(4-7-13)16-10-15(19)14-8-5-12(18)9-17(14)21-16/h3-9,15-16H,2,10,19H2,1H3. The summed E-state index contributed by atoms with van der Waals surface area (Å²) in [6, 6.07) is 14.1. The van der Waals surface area contributed by atoms with Gasteiger partial charge in [-0.15, -0.1) is 0 Å². The van der Waals surface area contributed by atoms with Crippen LogP contribution in [0.3, 0.4) is 0 Å². The number of nitrogens with two attached hydrogens (primary N) is 1. The predicted molar refractivity (Wildman–Crippen MR) is 86.7 cm³/mol. The first kappa shape index (κ1) is 14.4. The Kier molecular flexibility index (Phi) is 4.17. The Morgan fingerprint density at radius 1 is 1.24 bits per heavy atom. The van der Waals surface area contributed by atoms with Gasteiger partial charge < -0.3 is 15.2 Å². The van der Waals surface area contributed by atoms with E-state index in [0.29, 0.717) is 6.61 Å². The van der Waals surface area contributed by atoms with E-state index in [9.17, 15) is 0 Å². The molecule has 3 rings (SSSR count). The lowest BCUT2D eigenvalue weighted by Crippen LogP contribution is -2.24. The zero-order valence-electron chi connectivity index (χ0n) is 11.9. The summed E-state index contributed by atoms with van der Waals surface area (Å²) in [5, 5.41) is 0. The molecule has 0 aliphatic carbocycles. The molecule has 2 atom stereocenters. The molecule has 0 saturated heterocycles. The fourth-order valence-corrected chi connectivity index (χ4v) is 2.97. The van der Waals surface area contributed by atoms with Crippen molar-refractivity contribution < 1.29 is 9.47 Å². The van der Waals surface area contributed by atoms with Gasteiger partial charge in [-0.05, 0) is 36.8 Å². The number of hydrogen-bond donors (Lipinski definition) is 1. The third kappa shape index (κ3) is 3.06. The van der Waals surface area contributed by atoms with Crippen LogP contribution in [-0.4, -0.2) is 6.61 Å². The fourth-order valence-electron chi connectivity index (χ4n) is 2.63. The molecule has 2 N–H and O–H groups in total. The molecule has 1 aliphatic heterocycles. The van der Waals surface area contributed by atoms with E-state index in [1.165, 1.54) is 0 Å². The number of halogens is 1. The first-order valence-electron chi connectivity index (χ1n) is 7.12. The average molecular weight is 348 g/mol. The number of fused-ring (bicyclic) bond motifs is 1. The molecular formula is C17H18BrNO2. The minimum atomic E-state index is -0.0162. The van der Waals surface area contributed by atoms with Crippen molar-refractivity contribution in [2.24, 2.45) is 5.73 Å². The van der Waals surface area contributed by atoms with Crippen molar-refractivity contribution in [3.63, 3.8) is 0 Å². The van der Waals surface area contributed by atoms with Gasteiger partial charge >= 0.3 is 0 Å². The van der Waals surface area contributed by atoms with Crippen molar-refractivity contribution in [3.8, 4) is 11.5 Å². The van der Waals surface area contributed by atoms with Gasteiger partial charge in [-0.2, -0.15) is 0 Å². The summed E-state index contributed by atoms with van der Waals surface area (Å²) >= 11 is 3.48. The maximum Gasteiger partial charge on any atom is 0.126 e. The Labute approximate surface area is 133 Å². The summed E-state index contributed by atoms with van der Waals surface area (Å²) in [6.45, 7) is 2.65. The molecule has 1 aliphatic rings. The lowest BCUT2D eigenvalue weighted by molar-refractivity contribution is 0.161. The van der Waals surface area contributed by atoms with Crippen molar-refractivity contribution in [1.82, 2.24) is 0 Å². The van der Waals surface area contributed by atoms with Crippen LogP contribution in [0, 0.1) is 0 Å². The zero-order chi connectivity index (χ0) is 14.8. The third-order valence-electron chi connectivity index (χ3n) is 3.68. The molecule has 4 heteroatoms. The van der Waals surface area contributed by atoms with Crippen LogP contribution in [0.25, 0.3) is 0 Å². The largest absolute Gasteiger partial charge is 0.494 e. The van der Waals surface area contributed by atoms with Crippen LogP contribution in [0.5, 0.6) is 11.5 Å². The second-order valence-corrected chi connectivity index (χ2v) is 6.05. The van der Waals surface area contributed by atoms with Gasteiger partial charge in [0.05, 0.1) is 6.61 Å². The van der Waals surface area contributed by atoms with E-state index in [0.717, 1.165) is 33.5 Å². The van der Waals surface area contributed by atoms with E-state index in [1.807, 2.05) is 49.4 Å². The number of ether oxygens (including phenoxy) is 2. The van der Waals surface area contributed by atoms with Crippen LogP contribution in [0.4, 0.5) is 0 Å². The van der Waals surface area contributed by atoms with Crippen molar-refractivity contribution in [3.05, 3.63) is 58.1 Å². The van der Waals surface area contributed by atoms with Crippen molar-refractivity contribution in [2.45, 2.75) is 25.5 Å². The van der Waals surface area contributed by atoms with Crippen molar-refractivity contribution in [2.75, 3.05) is 6.61 Å². The molecule has 110 valence electrons. The Morgan fingerprint density at radius 2 is 2.00 bits per heavy atom. The summed E-state index contributed by atoms with van der Waals surface area (Å²) in [5.41, 5.74) is 8.48. The third-order valence-corrected chi connectivity index (χ3v) is 4.17. The summed E-state index contributed by atoms with van der Waals surface area (Å²) in [7, 11) is 0. The summed E-state index contributed by atoms with van der Waals surface area (Å²) in [5.74, 6) is 1.74. The van der Waals surface area contributed by atoms with E-state index >= 15 is 0 Å². The molecule has 0 amide bonds. The molecular weight excluding hydrogens is 330 g/mol. The highest BCUT2D eigenvalue weighted by Gasteiger charge is 2.27. The highest BCUT2D eigenvalue weighted by molar-refractivity contribution is 9.10. The molecule has 21 heavy (non-hydrogen) atoms. The van der Waals surface area contributed by atoms with Crippen LogP contribution < -0.4 is 15.2 Å². The van der Waals surface area contributed by atoms with Gasteiger partial charge in [0.15, 0.2) is 0 Å². The van der Waals surface area contributed by atoms with E-state index in [-0.39, 0.29) is 12.1 Å². The molecule has 0 radical (unpaired) electrons. The quantitative estimate of drug-likeness (QED) is 0.896. The molecule has 0 bridgehead atoms. The normalized spacial score (nSPS) is 20.5. The summed E-state index contributed by atoms with van der Waals surface area (Å²) in [4.78, 5) is 0. The van der Waals surface area contributed by atoms with Crippen molar-refractivity contribution >= 4 is 15.9 Å². The molecule has 2 unspecified atom stereocenters. The number of hydrogen-bond acceptors (Lipinski definition) is 3. The van der Waals surface area contributed by atoms with Crippen LogP contribution >= 0.6 is 15.9 Å². The SMILES string of the molecule is CCOc1ccc(C2CC(N)c3ccc(Br)cc3O2)cc1. The van der Waals surface area contributed by atoms with Gasteiger partial charge in [-0.3, -0.25) is 0 Å². The molecule has 0 fully saturated rings. The van der Waals surface area contributed by atoms with E-state index in [1.54, 1.807) is 0 Å². The molecule has 0 spiro atoms.